The Hall–Kier alpha value is -0.160. The average Bonchev–Trinajstić information content (AvgIpc) is 0.880. The second kappa shape index (κ2) is 80.7. The molecule has 0 spiro atoms. The molecule has 24 heteroatoms. The van der Waals surface area contributed by atoms with Crippen molar-refractivity contribution in [2.75, 3.05) is 235 Å². The molecule has 0 rings (SSSR count). The number of hydrogen-bond donors (Lipinski definition) is 0. The van der Waals surface area contributed by atoms with Gasteiger partial charge in [-0.1, -0.05) is 190 Å². The van der Waals surface area contributed by atoms with Crippen molar-refractivity contribution < 1.29 is 74.2 Å². The van der Waals surface area contributed by atoms with Gasteiger partial charge in [0.15, 0.2) is 40.9 Å². The predicted molar refractivity (Wildman–Crippen MR) is 534 cm³/mol. The van der Waals surface area contributed by atoms with Crippen LogP contribution in [0.5, 0.6) is 0 Å². The van der Waals surface area contributed by atoms with Gasteiger partial charge in [-0.3, -0.25) is 38.4 Å². The molecule has 0 saturated carbocycles. The highest BCUT2D eigenvalue weighted by atomic mass is 32.2. The van der Waals surface area contributed by atoms with E-state index in [1.165, 1.54) is 274 Å². The standard InChI is InChI=1S/2C14H30NOS.2C13H28NOS.2C11H24NOS.2C8H18NOS/c1-6-9-11-15(8-3,10-7-2)12-13(4)17-14(5)16;1-5-9-11-15(8-4,10-6-2)12-13-17-14(16)7-3;1-6-9-14(8-3,10-7-2)11-12(4)16-13(5)15;1-5-9-14(8-4,10-6-2)11-12-16-13(15)7-3;1-6-12(7-2,8-3)9-10(4)14-11(5)13;1-5-11(13)14-10-9-12(6-2,7-3)8-4;1-7(11-8(2)10)6-9(3,4)5;1-5-8(10)11-7-6-9(2,3)4/h13H,6-12H2,1-5H3;5-13H2,1-4H3;12H,6-11H2,1-5H3;5-12H2,1-4H3;10H,6-9H2,1-5H3;5-10H2,1-4H3;7H,6H2,1-5H3;5-7H2,1-4H3/q8*+1. The van der Waals surface area contributed by atoms with E-state index in [1.54, 1.807) is 27.7 Å². The van der Waals surface area contributed by atoms with Gasteiger partial charge in [-0.2, -0.15) is 0 Å². The van der Waals surface area contributed by atoms with Crippen molar-refractivity contribution in [2.45, 2.75) is 319 Å². The van der Waals surface area contributed by atoms with Crippen LogP contribution in [0.1, 0.15) is 298 Å². The van der Waals surface area contributed by atoms with Gasteiger partial charge in [0.05, 0.1) is 256 Å². The maximum Gasteiger partial charge on any atom is 0.188 e. The summed E-state index contributed by atoms with van der Waals surface area (Å²) in [7, 11) is 12.8. The lowest BCUT2D eigenvalue weighted by molar-refractivity contribution is -0.926. The van der Waals surface area contributed by atoms with E-state index in [4.69, 9.17) is 0 Å². The van der Waals surface area contributed by atoms with Gasteiger partial charge in [0.1, 0.15) is 0 Å². The Bertz CT molecular complexity index is 2370. The van der Waals surface area contributed by atoms with Crippen molar-refractivity contribution in [2.24, 2.45) is 0 Å². The highest BCUT2D eigenvalue weighted by Gasteiger charge is 2.31. The molecule has 0 aliphatic heterocycles. The summed E-state index contributed by atoms with van der Waals surface area (Å²) in [6.45, 7) is 94.2. The molecule has 0 radical (unpaired) electrons. The second-order valence-corrected chi connectivity index (χ2v) is 45.0. The van der Waals surface area contributed by atoms with Gasteiger partial charge in [-0.25, -0.2) is 0 Å². The first-order valence-electron chi connectivity index (χ1n) is 46.2. The van der Waals surface area contributed by atoms with E-state index in [0.717, 1.165) is 113 Å². The average molecular weight is 1800 g/mol. The number of hydrogen-bond acceptors (Lipinski definition) is 16. The molecule has 6 unspecified atom stereocenters. The van der Waals surface area contributed by atoms with Gasteiger partial charge in [0, 0.05) is 53.4 Å². The van der Waals surface area contributed by atoms with Crippen molar-refractivity contribution in [1.82, 2.24) is 0 Å². The molecule has 16 nitrogen and oxygen atoms in total. The summed E-state index contributed by atoms with van der Waals surface area (Å²) >= 11 is 11.9. The molecule has 0 aliphatic carbocycles. The third-order valence-electron chi connectivity index (χ3n) is 21.7. The summed E-state index contributed by atoms with van der Waals surface area (Å²) in [6, 6.07) is 0. The molecule has 0 aromatic heterocycles. The van der Waals surface area contributed by atoms with Crippen LogP contribution in [0.3, 0.4) is 0 Å². The quantitative estimate of drug-likeness (QED) is 0.0534. The maximum absolute atomic E-state index is 11.3. The van der Waals surface area contributed by atoms with Crippen LogP contribution in [-0.4, -0.2) is 333 Å². The van der Waals surface area contributed by atoms with Crippen LogP contribution in [0.15, 0.2) is 0 Å². The number of unbranched alkanes of at least 4 members (excludes halogenated alkanes) is 2. The minimum atomic E-state index is 0.214. The van der Waals surface area contributed by atoms with Gasteiger partial charge < -0.3 is 35.9 Å². The Kier molecular flexibility index (Phi) is 91.3. The lowest BCUT2D eigenvalue weighted by atomic mass is 10.2. The van der Waals surface area contributed by atoms with E-state index in [-0.39, 0.29) is 20.5 Å². The van der Waals surface area contributed by atoms with E-state index >= 15 is 0 Å². The molecule has 696 valence electrons. The predicted octanol–water partition coefficient (Wildman–Crippen LogP) is 21.8. The summed E-state index contributed by atoms with van der Waals surface area (Å²) in [5.74, 6) is 3.89. The van der Waals surface area contributed by atoms with Crippen LogP contribution in [0.25, 0.3) is 0 Å². The number of rotatable bonds is 56. The van der Waals surface area contributed by atoms with Crippen LogP contribution in [0.4, 0.5) is 0 Å². The smallest absolute Gasteiger partial charge is 0.188 e. The van der Waals surface area contributed by atoms with E-state index in [9.17, 15) is 38.4 Å². The number of quaternary nitrogens is 8. The molecule has 0 fully saturated rings. The van der Waals surface area contributed by atoms with Gasteiger partial charge >= 0.3 is 0 Å². The normalized spacial score (nSPS) is 13.7. The molecule has 0 saturated heterocycles. The molecule has 0 amide bonds. The van der Waals surface area contributed by atoms with Crippen LogP contribution in [0, 0.1) is 0 Å². The lowest BCUT2D eigenvalue weighted by Crippen LogP contribution is -2.52. The third kappa shape index (κ3) is 78.6. The fourth-order valence-corrected chi connectivity index (χ4v) is 22.5. The van der Waals surface area contributed by atoms with E-state index < -0.39 is 0 Å². The topological polar surface area (TPSA) is 137 Å². The lowest BCUT2D eigenvalue weighted by Gasteiger charge is -2.39. The maximum atomic E-state index is 11.3. The minimum absolute atomic E-state index is 0.214. The highest BCUT2D eigenvalue weighted by Crippen LogP contribution is 2.24. The zero-order valence-corrected chi connectivity index (χ0v) is 90.1. The Morgan fingerprint density at radius 2 is 0.422 bits per heavy atom. The van der Waals surface area contributed by atoms with Crippen molar-refractivity contribution in [1.29, 1.82) is 0 Å². The van der Waals surface area contributed by atoms with Crippen LogP contribution in [-0.2, 0) is 38.4 Å². The molecule has 0 aromatic carbocycles. The zero-order valence-electron chi connectivity index (χ0n) is 83.5. The van der Waals surface area contributed by atoms with Gasteiger partial charge in [-0.05, 0) is 148 Å². The fourth-order valence-electron chi connectivity index (χ4n) is 14.7. The number of carbonyl (C=O) groups excluding carboxylic acids is 8. The molecular weight excluding hydrogens is 1600 g/mol. The van der Waals surface area contributed by atoms with Crippen molar-refractivity contribution >= 4 is 135 Å². The summed E-state index contributed by atoms with van der Waals surface area (Å²) in [5, 5.41) is 3.99. The fraction of sp³-hybridized carbons (Fsp3) is 0.913. The first-order chi connectivity index (χ1) is 54.2. The Morgan fingerprint density at radius 1 is 0.224 bits per heavy atom. The molecule has 0 bridgehead atoms. The van der Waals surface area contributed by atoms with E-state index in [2.05, 4.69) is 195 Å². The third-order valence-corrected chi connectivity index (χ3v) is 29.3. The monoisotopic (exact) mass is 1800 g/mol. The minimum Gasteiger partial charge on any atom is -0.330 e. The summed E-state index contributed by atoms with van der Waals surface area (Å²) in [5.41, 5.74) is 0. The van der Waals surface area contributed by atoms with Crippen molar-refractivity contribution in [3.05, 3.63) is 0 Å². The summed E-state index contributed by atoms with van der Waals surface area (Å²) in [4.78, 5) is 88.5. The largest absolute Gasteiger partial charge is 0.330 e. The first-order valence-corrected chi connectivity index (χ1v) is 53.6. The number of carbonyl (C=O) groups is 8. The molecule has 0 aromatic rings. The summed E-state index contributed by atoms with van der Waals surface area (Å²) in [6.07, 6.45) is 15.2. The molecule has 0 aliphatic rings. The van der Waals surface area contributed by atoms with Crippen molar-refractivity contribution in [3.63, 3.8) is 0 Å². The first kappa shape index (κ1) is 131. The molecule has 6 atom stereocenters. The second-order valence-electron chi connectivity index (χ2n) is 33.9. The summed E-state index contributed by atoms with van der Waals surface area (Å²) < 4.78 is 8.88. The van der Waals surface area contributed by atoms with E-state index in [0.29, 0.717) is 67.1 Å². The van der Waals surface area contributed by atoms with Crippen LogP contribution < -0.4 is 0 Å². The van der Waals surface area contributed by atoms with Crippen LogP contribution in [0.2, 0.25) is 0 Å². The number of nitrogens with zero attached hydrogens (tertiary/aromatic N) is 8. The van der Waals surface area contributed by atoms with Gasteiger partial charge in [-0.15, -0.1) is 0 Å². The van der Waals surface area contributed by atoms with Gasteiger partial charge in [0.2, 0.25) is 0 Å². The van der Waals surface area contributed by atoms with E-state index in [1.807, 2.05) is 27.7 Å². The molecule has 0 N–H and O–H groups in total. The molecule has 116 heavy (non-hydrogen) atoms. The van der Waals surface area contributed by atoms with Gasteiger partial charge in [0.25, 0.3) is 0 Å². The highest BCUT2D eigenvalue weighted by molar-refractivity contribution is 8.15. The SMILES string of the molecule is CC(=O)SC(C)C[N+](C)(C)C.CCC(=O)SCC[N+](C)(C)C.CCC(=O)SCC[N+](CC)(CC)CC.CCCC[N+](CC)(CCC)CC(C)SC(C)=O.CCCC[N+](CC)(CCC)CCSC(=O)CC.CCC[N+](CC)(CCC)CC(C)SC(C)=O.CCC[N+](CC)(CCC)CCSC(=O)CC.CC[N+](CC)(CC)CC(C)SC(C)=O. The molecule has 0 heterocycles. The van der Waals surface area contributed by atoms with Crippen LogP contribution >= 0.6 is 94.1 Å². The Labute approximate surface area is 757 Å². The Balaban J connectivity index is -0.000000192. The Morgan fingerprint density at radius 3 is 0.629 bits per heavy atom. The zero-order chi connectivity index (χ0) is 91.7. The number of thioether (sulfide) groups is 8. The molecular formula is C92H200N8O8S8+8. The van der Waals surface area contributed by atoms with Crippen molar-refractivity contribution in [3.8, 4) is 0 Å².